The summed E-state index contributed by atoms with van der Waals surface area (Å²) in [7, 11) is 0. The largest absolute Gasteiger partial charge is 0.417 e. The van der Waals surface area contributed by atoms with Crippen LogP contribution in [-0.4, -0.2) is 10.5 Å². The average molecular weight is 365 g/mol. The van der Waals surface area contributed by atoms with Crippen molar-refractivity contribution in [3.8, 4) is 0 Å². The van der Waals surface area contributed by atoms with E-state index < -0.39 is 29.8 Å². The Morgan fingerprint density at radius 2 is 1.87 bits per heavy atom. The molecule has 0 radical (unpaired) electrons. The summed E-state index contributed by atoms with van der Waals surface area (Å²) in [5, 5.41) is 2.92. The predicted octanol–water partition coefficient (Wildman–Crippen LogP) is 3.81. The van der Waals surface area contributed by atoms with Gasteiger partial charge in [-0.3, -0.25) is 9.59 Å². The van der Waals surface area contributed by atoms with Gasteiger partial charge in [-0.2, -0.15) is 13.2 Å². The second kappa shape index (κ2) is 6.64. The quantitative estimate of drug-likeness (QED) is 0.899. The standard InChI is InChI=1S/C14H9Cl2F3N2O2/c15-9-2-3-10(16)11(5-9)20-12(22)7-21-6-8(14(17,18)19)1-4-13(21)23/h1-6H,7H2,(H,20,22). The van der Waals surface area contributed by atoms with Crippen molar-refractivity contribution >= 4 is 34.8 Å². The highest BCUT2D eigenvalue weighted by atomic mass is 35.5. The Morgan fingerprint density at radius 3 is 2.52 bits per heavy atom. The topological polar surface area (TPSA) is 51.1 Å². The predicted molar refractivity (Wildman–Crippen MR) is 80.8 cm³/mol. The highest BCUT2D eigenvalue weighted by molar-refractivity contribution is 6.35. The van der Waals surface area contributed by atoms with Gasteiger partial charge in [-0.05, 0) is 24.3 Å². The van der Waals surface area contributed by atoms with Crippen LogP contribution in [0.1, 0.15) is 5.56 Å². The lowest BCUT2D eigenvalue weighted by Gasteiger charge is -2.11. The molecule has 0 saturated carbocycles. The molecule has 0 bridgehead atoms. The van der Waals surface area contributed by atoms with Gasteiger partial charge in [0.05, 0.1) is 16.3 Å². The van der Waals surface area contributed by atoms with Gasteiger partial charge in [-0.15, -0.1) is 0 Å². The summed E-state index contributed by atoms with van der Waals surface area (Å²) in [5.74, 6) is -0.712. The highest BCUT2D eigenvalue weighted by Crippen LogP contribution is 2.28. The maximum atomic E-state index is 12.6. The fourth-order valence-corrected chi connectivity index (χ4v) is 2.10. The van der Waals surface area contributed by atoms with Gasteiger partial charge in [-0.1, -0.05) is 23.2 Å². The lowest BCUT2D eigenvalue weighted by Crippen LogP contribution is -2.28. The van der Waals surface area contributed by atoms with Crippen LogP contribution in [0.15, 0.2) is 41.3 Å². The minimum atomic E-state index is -4.61. The smallest absolute Gasteiger partial charge is 0.323 e. The lowest BCUT2D eigenvalue weighted by atomic mass is 10.2. The molecule has 0 atom stereocenters. The third-order valence-electron chi connectivity index (χ3n) is 2.83. The maximum absolute atomic E-state index is 12.6. The van der Waals surface area contributed by atoms with Crippen molar-refractivity contribution in [3.05, 3.63) is 62.5 Å². The average Bonchev–Trinajstić information content (AvgIpc) is 2.44. The number of nitrogens with zero attached hydrogens (tertiary/aromatic N) is 1. The monoisotopic (exact) mass is 364 g/mol. The molecule has 0 unspecified atom stereocenters. The highest BCUT2D eigenvalue weighted by Gasteiger charge is 2.31. The number of benzene rings is 1. The molecule has 0 spiro atoms. The first-order valence-corrected chi connectivity index (χ1v) is 6.95. The summed E-state index contributed by atoms with van der Waals surface area (Å²) in [6.07, 6.45) is -4.02. The minimum Gasteiger partial charge on any atom is -0.323 e. The summed E-state index contributed by atoms with van der Waals surface area (Å²) in [5.41, 5.74) is -1.56. The molecular weight excluding hydrogens is 356 g/mol. The number of rotatable bonds is 3. The van der Waals surface area contributed by atoms with E-state index in [4.69, 9.17) is 23.2 Å². The van der Waals surface area contributed by atoms with E-state index in [1.165, 1.54) is 18.2 Å². The molecule has 1 heterocycles. The molecule has 0 saturated heterocycles. The second-order valence-corrected chi connectivity index (χ2v) is 5.40. The van der Waals surface area contributed by atoms with Crippen molar-refractivity contribution in [1.82, 2.24) is 4.57 Å². The van der Waals surface area contributed by atoms with Crippen molar-refractivity contribution in [1.29, 1.82) is 0 Å². The first-order valence-electron chi connectivity index (χ1n) is 6.19. The van der Waals surface area contributed by atoms with E-state index in [2.05, 4.69) is 5.32 Å². The number of anilines is 1. The number of aromatic nitrogens is 1. The molecule has 0 aliphatic heterocycles. The van der Waals surface area contributed by atoms with Crippen molar-refractivity contribution in [2.45, 2.75) is 12.7 Å². The van der Waals surface area contributed by atoms with Crippen LogP contribution in [0.2, 0.25) is 10.0 Å². The van der Waals surface area contributed by atoms with Crippen molar-refractivity contribution < 1.29 is 18.0 Å². The molecule has 2 rings (SSSR count). The number of carbonyl (C=O) groups is 1. The Morgan fingerprint density at radius 1 is 1.17 bits per heavy atom. The van der Waals surface area contributed by atoms with Gasteiger partial charge in [0.25, 0.3) is 5.56 Å². The molecule has 9 heteroatoms. The lowest BCUT2D eigenvalue weighted by molar-refractivity contribution is -0.138. The van der Waals surface area contributed by atoms with Gasteiger partial charge in [-0.25, -0.2) is 0 Å². The number of pyridine rings is 1. The number of amides is 1. The molecule has 1 N–H and O–H groups in total. The zero-order chi connectivity index (χ0) is 17.2. The molecule has 0 aliphatic carbocycles. The van der Waals surface area contributed by atoms with Crippen molar-refractivity contribution in [3.63, 3.8) is 0 Å². The summed E-state index contributed by atoms with van der Waals surface area (Å²) < 4.78 is 38.6. The summed E-state index contributed by atoms with van der Waals surface area (Å²) in [6.45, 7) is -0.592. The number of carbonyl (C=O) groups excluding carboxylic acids is 1. The minimum absolute atomic E-state index is 0.198. The van der Waals surface area contributed by atoms with Gasteiger partial charge in [0, 0.05) is 17.3 Å². The fourth-order valence-electron chi connectivity index (χ4n) is 1.76. The van der Waals surface area contributed by atoms with Gasteiger partial charge >= 0.3 is 6.18 Å². The first-order chi connectivity index (χ1) is 10.7. The summed E-state index contributed by atoms with van der Waals surface area (Å²) in [6, 6.07) is 5.76. The molecule has 1 amide bonds. The number of halogens is 5. The van der Waals surface area contributed by atoms with E-state index in [1.54, 1.807) is 0 Å². The zero-order valence-corrected chi connectivity index (χ0v) is 12.8. The van der Waals surface area contributed by atoms with Crippen LogP contribution in [0, 0.1) is 0 Å². The Hall–Kier alpha value is -1.99. The van der Waals surface area contributed by atoms with Crippen LogP contribution in [0.25, 0.3) is 0 Å². The van der Waals surface area contributed by atoms with Gasteiger partial charge < -0.3 is 9.88 Å². The number of hydrogen-bond acceptors (Lipinski definition) is 2. The molecule has 1 aromatic heterocycles. The Balaban J connectivity index is 2.20. The van der Waals surface area contributed by atoms with Crippen molar-refractivity contribution in [2.24, 2.45) is 0 Å². The van der Waals surface area contributed by atoms with Crippen LogP contribution in [0.5, 0.6) is 0 Å². The van der Waals surface area contributed by atoms with E-state index in [0.29, 0.717) is 21.9 Å². The molecular formula is C14H9Cl2F3N2O2. The third-order valence-corrected chi connectivity index (χ3v) is 3.39. The summed E-state index contributed by atoms with van der Waals surface area (Å²) >= 11 is 11.6. The van der Waals surface area contributed by atoms with Crippen LogP contribution in [0.3, 0.4) is 0 Å². The third kappa shape index (κ3) is 4.49. The molecule has 2 aromatic rings. The zero-order valence-electron chi connectivity index (χ0n) is 11.3. The second-order valence-electron chi connectivity index (χ2n) is 4.55. The normalized spacial score (nSPS) is 11.3. The van der Waals surface area contributed by atoms with E-state index in [0.717, 1.165) is 6.07 Å². The Bertz CT molecular complexity index is 803. The van der Waals surface area contributed by atoms with Crippen LogP contribution < -0.4 is 10.9 Å². The molecule has 4 nitrogen and oxygen atoms in total. The molecule has 1 aromatic carbocycles. The van der Waals surface area contributed by atoms with Crippen molar-refractivity contribution in [2.75, 3.05) is 5.32 Å². The van der Waals surface area contributed by atoms with E-state index in [9.17, 15) is 22.8 Å². The van der Waals surface area contributed by atoms with Crippen LogP contribution >= 0.6 is 23.2 Å². The molecule has 122 valence electrons. The van der Waals surface area contributed by atoms with Gasteiger partial charge in [0.2, 0.25) is 5.91 Å². The van der Waals surface area contributed by atoms with Gasteiger partial charge in [0.1, 0.15) is 6.54 Å². The Labute approximate surface area is 138 Å². The number of alkyl halides is 3. The molecule has 0 fully saturated rings. The SMILES string of the molecule is O=C(Cn1cc(C(F)(F)F)ccc1=O)Nc1cc(Cl)ccc1Cl. The van der Waals surface area contributed by atoms with E-state index in [1.807, 2.05) is 0 Å². The summed E-state index contributed by atoms with van der Waals surface area (Å²) in [4.78, 5) is 23.5. The Kier molecular flexibility index (Phi) is 5.01. The van der Waals surface area contributed by atoms with E-state index in [-0.39, 0.29) is 10.7 Å². The molecule has 0 aliphatic rings. The van der Waals surface area contributed by atoms with E-state index >= 15 is 0 Å². The number of nitrogens with one attached hydrogen (secondary N) is 1. The fraction of sp³-hybridized carbons (Fsp3) is 0.143. The van der Waals surface area contributed by atoms with Crippen LogP contribution in [0.4, 0.5) is 18.9 Å². The maximum Gasteiger partial charge on any atom is 0.417 e. The first kappa shape index (κ1) is 17.4. The number of hydrogen-bond donors (Lipinski definition) is 1. The molecule has 23 heavy (non-hydrogen) atoms. The van der Waals surface area contributed by atoms with Crippen LogP contribution in [-0.2, 0) is 17.5 Å². The van der Waals surface area contributed by atoms with Gasteiger partial charge in [0.15, 0.2) is 0 Å².